The molecule has 1 unspecified atom stereocenters. The number of nitrogens with one attached hydrogen (secondary N) is 1. The molecule has 1 aromatic carbocycles. The lowest BCUT2D eigenvalue weighted by atomic mass is 10.0. The Labute approximate surface area is 118 Å². The summed E-state index contributed by atoms with van der Waals surface area (Å²) in [5.74, 6) is 0.180. The molecule has 1 N–H and O–H groups in total. The third-order valence-electron chi connectivity index (χ3n) is 3.33. The molecule has 1 aromatic heterocycles. The first-order valence-electron chi connectivity index (χ1n) is 6.44. The molecule has 0 saturated carbocycles. The predicted octanol–water partition coefficient (Wildman–Crippen LogP) is 3.60. The number of fused-ring (bicyclic) bond motifs is 1. The molecule has 0 aliphatic carbocycles. The van der Waals surface area contributed by atoms with Crippen molar-refractivity contribution in [3.8, 4) is 0 Å². The monoisotopic (exact) mass is 281 g/mol. The first-order chi connectivity index (χ1) is 8.90. The van der Waals surface area contributed by atoms with Crippen molar-refractivity contribution < 1.29 is 4.39 Å². The van der Waals surface area contributed by atoms with E-state index in [4.69, 9.17) is 12.2 Å². The van der Waals surface area contributed by atoms with Gasteiger partial charge in [-0.1, -0.05) is 13.8 Å². The van der Waals surface area contributed by atoms with E-state index in [9.17, 15) is 4.39 Å². The predicted molar refractivity (Wildman–Crippen MR) is 79.5 cm³/mol. The maximum atomic E-state index is 13.5. The van der Waals surface area contributed by atoms with Crippen LogP contribution in [0.15, 0.2) is 18.2 Å². The SMILES string of the molecule is CC(C)C(CN(C)C)n1c(=S)[nH]c2ccc(F)cc21. The van der Waals surface area contributed by atoms with Crippen molar-refractivity contribution >= 4 is 23.3 Å². The minimum absolute atomic E-state index is 0.220. The topological polar surface area (TPSA) is 24.0 Å². The molecular weight excluding hydrogens is 261 g/mol. The average Bonchev–Trinajstić information content (AvgIpc) is 2.61. The molecule has 0 fully saturated rings. The highest BCUT2D eigenvalue weighted by atomic mass is 32.1. The molecule has 5 heteroatoms. The molecule has 0 radical (unpaired) electrons. The van der Waals surface area contributed by atoms with Crippen molar-refractivity contribution in [1.82, 2.24) is 14.5 Å². The normalized spacial score (nSPS) is 13.6. The first-order valence-corrected chi connectivity index (χ1v) is 6.85. The average molecular weight is 281 g/mol. The second-order valence-corrected chi connectivity index (χ2v) is 5.92. The molecule has 0 spiro atoms. The lowest BCUT2D eigenvalue weighted by molar-refractivity contribution is 0.272. The summed E-state index contributed by atoms with van der Waals surface area (Å²) in [5, 5.41) is 0. The number of hydrogen-bond donors (Lipinski definition) is 1. The number of benzene rings is 1. The number of nitrogens with zero attached hydrogens (tertiary/aromatic N) is 2. The first kappa shape index (κ1) is 14.2. The van der Waals surface area contributed by atoms with Gasteiger partial charge in [0.15, 0.2) is 4.77 Å². The van der Waals surface area contributed by atoms with Crippen molar-refractivity contribution in [3.63, 3.8) is 0 Å². The Morgan fingerprint density at radius 2 is 2.05 bits per heavy atom. The molecule has 0 bridgehead atoms. The van der Waals surface area contributed by atoms with Crippen LogP contribution < -0.4 is 0 Å². The number of rotatable bonds is 4. The van der Waals surface area contributed by atoms with Crippen LogP contribution in [0.2, 0.25) is 0 Å². The van der Waals surface area contributed by atoms with Gasteiger partial charge in [0.25, 0.3) is 0 Å². The van der Waals surface area contributed by atoms with Crippen LogP contribution in [0.4, 0.5) is 4.39 Å². The van der Waals surface area contributed by atoms with Crippen LogP contribution in [-0.2, 0) is 0 Å². The summed E-state index contributed by atoms with van der Waals surface area (Å²) >= 11 is 5.41. The zero-order valence-electron chi connectivity index (χ0n) is 11.8. The highest BCUT2D eigenvalue weighted by Crippen LogP contribution is 2.25. The number of H-pyrrole nitrogens is 1. The van der Waals surface area contributed by atoms with Gasteiger partial charge in [-0.05, 0) is 50.4 Å². The minimum Gasteiger partial charge on any atom is -0.331 e. The fourth-order valence-electron chi connectivity index (χ4n) is 2.39. The maximum absolute atomic E-state index is 13.5. The van der Waals surface area contributed by atoms with E-state index in [1.165, 1.54) is 6.07 Å². The Kier molecular flexibility index (Phi) is 4.06. The van der Waals surface area contributed by atoms with Gasteiger partial charge in [0.2, 0.25) is 0 Å². The van der Waals surface area contributed by atoms with Crippen molar-refractivity contribution in [1.29, 1.82) is 0 Å². The van der Waals surface area contributed by atoms with Gasteiger partial charge in [-0.25, -0.2) is 4.39 Å². The molecule has 2 aromatic rings. The van der Waals surface area contributed by atoms with Gasteiger partial charge in [-0.2, -0.15) is 0 Å². The number of aromatic nitrogens is 2. The van der Waals surface area contributed by atoms with Gasteiger partial charge in [0, 0.05) is 6.54 Å². The fraction of sp³-hybridized carbons (Fsp3) is 0.500. The molecule has 2 rings (SSSR count). The van der Waals surface area contributed by atoms with Crippen LogP contribution >= 0.6 is 12.2 Å². The molecule has 1 heterocycles. The number of halogens is 1. The summed E-state index contributed by atoms with van der Waals surface area (Å²) in [6.07, 6.45) is 0. The van der Waals surface area contributed by atoms with E-state index in [0.29, 0.717) is 10.7 Å². The second kappa shape index (κ2) is 5.43. The molecule has 3 nitrogen and oxygen atoms in total. The number of likely N-dealkylation sites (N-methyl/N-ethyl adjacent to an activating group) is 1. The van der Waals surface area contributed by atoms with Crippen LogP contribution in [0.3, 0.4) is 0 Å². The number of imidazole rings is 1. The van der Waals surface area contributed by atoms with E-state index in [0.717, 1.165) is 17.6 Å². The summed E-state index contributed by atoms with van der Waals surface area (Å²) in [4.78, 5) is 5.28. The molecule has 0 saturated heterocycles. The van der Waals surface area contributed by atoms with Crippen molar-refractivity contribution in [3.05, 3.63) is 28.8 Å². The van der Waals surface area contributed by atoms with Gasteiger partial charge in [0.05, 0.1) is 17.1 Å². The van der Waals surface area contributed by atoms with Crippen LogP contribution in [0.1, 0.15) is 19.9 Å². The minimum atomic E-state index is -0.234. The Bertz CT molecular complexity index is 627. The molecule has 0 aliphatic heterocycles. The van der Waals surface area contributed by atoms with Gasteiger partial charge in [-0.3, -0.25) is 0 Å². The van der Waals surface area contributed by atoms with Crippen LogP contribution in [0.25, 0.3) is 11.0 Å². The third kappa shape index (κ3) is 2.87. The largest absolute Gasteiger partial charge is 0.331 e. The molecule has 0 aliphatic rings. The van der Waals surface area contributed by atoms with Gasteiger partial charge >= 0.3 is 0 Å². The van der Waals surface area contributed by atoms with Gasteiger partial charge in [0.1, 0.15) is 5.82 Å². The van der Waals surface area contributed by atoms with Gasteiger partial charge < -0.3 is 14.5 Å². The number of hydrogen-bond acceptors (Lipinski definition) is 2. The second-order valence-electron chi connectivity index (χ2n) is 5.54. The lowest BCUT2D eigenvalue weighted by Crippen LogP contribution is -2.28. The highest BCUT2D eigenvalue weighted by Gasteiger charge is 2.20. The van der Waals surface area contributed by atoms with Gasteiger partial charge in [-0.15, -0.1) is 0 Å². The zero-order valence-corrected chi connectivity index (χ0v) is 12.6. The van der Waals surface area contributed by atoms with E-state index in [1.54, 1.807) is 12.1 Å². The smallest absolute Gasteiger partial charge is 0.178 e. The van der Waals surface area contributed by atoms with E-state index in [-0.39, 0.29) is 11.9 Å². The van der Waals surface area contributed by atoms with Crippen molar-refractivity contribution in [2.45, 2.75) is 19.9 Å². The third-order valence-corrected chi connectivity index (χ3v) is 3.63. The highest BCUT2D eigenvalue weighted by molar-refractivity contribution is 7.71. The lowest BCUT2D eigenvalue weighted by Gasteiger charge is -2.26. The summed E-state index contributed by atoms with van der Waals surface area (Å²) in [7, 11) is 4.07. The van der Waals surface area contributed by atoms with Crippen LogP contribution in [-0.4, -0.2) is 35.1 Å². The Morgan fingerprint density at radius 3 is 2.63 bits per heavy atom. The maximum Gasteiger partial charge on any atom is 0.178 e. The quantitative estimate of drug-likeness (QED) is 0.866. The van der Waals surface area contributed by atoms with Crippen molar-refractivity contribution in [2.24, 2.45) is 5.92 Å². The molecule has 19 heavy (non-hydrogen) atoms. The number of aromatic amines is 1. The Morgan fingerprint density at radius 1 is 1.37 bits per heavy atom. The van der Waals surface area contributed by atoms with E-state index >= 15 is 0 Å². The van der Waals surface area contributed by atoms with E-state index in [2.05, 4.69) is 23.7 Å². The molecule has 104 valence electrons. The Balaban J connectivity index is 2.61. The molecule has 1 atom stereocenters. The van der Waals surface area contributed by atoms with Crippen LogP contribution in [0.5, 0.6) is 0 Å². The van der Waals surface area contributed by atoms with Crippen LogP contribution in [0, 0.1) is 16.5 Å². The summed E-state index contributed by atoms with van der Waals surface area (Å²) in [6.45, 7) is 5.19. The molecule has 0 amide bonds. The summed E-state index contributed by atoms with van der Waals surface area (Å²) in [6, 6.07) is 4.96. The van der Waals surface area contributed by atoms with E-state index < -0.39 is 0 Å². The molecular formula is C14H20FN3S. The zero-order chi connectivity index (χ0) is 14.2. The Hall–Kier alpha value is -1.20. The fourth-order valence-corrected chi connectivity index (χ4v) is 2.73. The van der Waals surface area contributed by atoms with E-state index in [1.807, 2.05) is 18.7 Å². The van der Waals surface area contributed by atoms with Crippen molar-refractivity contribution in [2.75, 3.05) is 20.6 Å². The summed E-state index contributed by atoms with van der Waals surface area (Å²) < 4.78 is 16.2. The standard InChI is InChI=1S/C14H20FN3S/c1-9(2)13(8-17(3)4)18-12-7-10(15)5-6-11(12)16-14(18)19/h5-7,9,13H,8H2,1-4H3,(H,16,19). The summed E-state index contributed by atoms with van der Waals surface area (Å²) in [5.41, 5.74) is 1.72.